The molecule has 4 heterocycles. The first-order valence-electron chi connectivity index (χ1n) is 11.6. The van der Waals surface area contributed by atoms with Gasteiger partial charge in [0, 0.05) is 19.7 Å². The standard InChI is InChI=1S/C25H23F2N9O3/c1-13-17(11-28-34(13)2)32-25(38)21-18(12-29-35(21)3)33-24(37)15-10-30-36-19(22(26)27)9-16(31-23(15)36)14-7-5-6-8-20(14)39-4/h5-12,22H,1-4H3,(H,32,38)(H,33,37). The Bertz CT molecular complexity index is 1720. The summed E-state index contributed by atoms with van der Waals surface area (Å²) in [6, 6.07) is 8.01. The number of benzene rings is 1. The first-order valence-corrected chi connectivity index (χ1v) is 11.6. The van der Waals surface area contributed by atoms with Gasteiger partial charge in [0.25, 0.3) is 18.2 Å². The molecule has 39 heavy (non-hydrogen) atoms. The zero-order valence-corrected chi connectivity index (χ0v) is 21.3. The molecule has 0 aliphatic carbocycles. The molecular formula is C25H23F2N9O3. The van der Waals surface area contributed by atoms with Crippen molar-refractivity contribution in [2.45, 2.75) is 13.3 Å². The number of halogens is 2. The van der Waals surface area contributed by atoms with Gasteiger partial charge in [0.1, 0.15) is 22.7 Å². The van der Waals surface area contributed by atoms with E-state index in [0.29, 0.717) is 17.0 Å². The highest BCUT2D eigenvalue weighted by Gasteiger charge is 2.25. The van der Waals surface area contributed by atoms with Crippen molar-refractivity contribution in [2.24, 2.45) is 14.1 Å². The number of ether oxygens (including phenoxy) is 1. The van der Waals surface area contributed by atoms with E-state index in [1.165, 1.54) is 30.3 Å². The molecule has 2 N–H and O–H groups in total. The smallest absolute Gasteiger partial charge is 0.280 e. The van der Waals surface area contributed by atoms with Crippen LogP contribution in [0, 0.1) is 6.92 Å². The number of hydrogen-bond donors (Lipinski definition) is 2. The minimum Gasteiger partial charge on any atom is -0.496 e. The Morgan fingerprint density at radius 1 is 0.949 bits per heavy atom. The van der Waals surface area contributed by atoms with Crippen LogP contribution in [0.25, 0.3) is 16.9 Å². The van der Waals surface area contributed by atoms with Crippen LogP contribution < -0.4 is 15.4 Å². The molecule has 0 atom stereocenters. The van der Waals surface area contributed by atoms with Gasteiger partial charge in [0.05, 0.1) is 48.5 Å². The fraction of sp³-hybridized carbons (Fsp3) is 0.200. The molecule has 0 bridgehead atoms. The van der Waals surface area contributed by atoms with Gasteiger partial charge >= 0.3 is 0 Å². The van der Waals surface area contributed by atoms with E-state index in [9.17, 15) is 18.4 Å². The van der Waals surface area contributed by atoms with Gasteiger partial charge in [-0.25, -0.2) is 18.3 Å². The molecule has 0 fully saturated rings. The van der Waals surface area contributed by atoms with Crippen molar-refractivity contribution in [1.29, 1.82) is 0 Å². The minimum atomic E-state index is -2.90. The maximum absolute atomic E-state index is 14.0. The number of hydrogen-bond acceptors (Lipinski definition) is 7. The van der Waals surface area contributed by atoms with Gasteiger partial charge in [-0.1, -0.05) is 12.1 Å². The second-order valence-electron chi connectivity index (χ2n) is 8.57. The lowest BCUT2D eigenvalue weighted by Crippen LogP contribution is -2.20. The van der Waals surface area contributed by atoms with Crippen molar-refractivity contribution in [3.05, 3.63) is 71.6 Å². The molecule has 1 aromatic carbocycles. The van der Waals surface area contributed by atoms with E-state index in [-0.39, 0.29) is 28.3 Å². The number of nitrogens with one attached hydrogen (secondary N) is 2. The molecule has 12 nitrogen and oxygen atoms in total. The lowest BCUT2D eigenvalue weighted by Gasteiger charge is -2.11. The van der Waals surface area contributed by atoms with Crippen LogP contribution in [0.5, 0.6) is 5.75 Å². The normalized spacial score (nSPS) is 11.3. The number of anilines is 2. The summed E-state index contributed by atoms with van der Waals surface area (Å²) in [7, 11) is 4.75. The second kappa shape index (κ2) is 9.96. The van der Waals surface area contributed by atoms with Gasteiger partial charge in [-0.05, 0) is 25.1 Å². The molecule has 0 saturated carbocycles. The topological polar surface area (TPSA) is 133 Å². The zero-order valence-electron chi connectivity index (χ0n) is 21.3. The summed E-state index contributed by atoms with van der Waals surface area (Å²) < 4.78 is 37.2. The van der Waals surface area contributed by atoms with Crippen LogP contribution in [0.1, 0.15) is 38.7 Å². The number of carbonyl (C=O) groups excluding carboxylic acids is 2. The summed E-state index contributed by atoms with van der Waals surface area (Å²) in [6.07, 6.45) is 1.06. The highest BCUT2D eigenvalue weighted by Crippen LogP contribution is 2.32. The summed E-state index contributed by atoms with van der Waals surface area (Å²) >= 11 is 0. The third-order valence-corrected chi connectivity index (χ3v) is 6.24. The zero-order chi connectivity index (χ0) is 27.8. The maximum atomic E-state index is 14.0. The van der Waals surface area contributed by atoms with Crippen molar-refractivity contribution in [1.82, 2.24) is 34.2 Å². The van der Waals surface area contributed by atoms with E-state index >= 15 is 0 Å². The second-order valence-corrected chi connectivity index (χ2v) is 8.57. The quantitative estimate of drug-likeness (QED) is 0.325. The molecule has 0 aliphatic rings. The van der Waals surface area contributed by atoms with Crippen LogP contribution in [0.4, 0.5) is 20.2 Å². The number of methoxy groups -OCH3 is 1. The van der Waals surface area contributed by atoms with E-state index in [1.807, 2.05) is 0 Å². The third kappa shape index (κ3) is 4.56. The molecular weight excluding hydrogens is 512 g/mol. The van der Waals surface area contributed by atoms with E-state index < -0.39 is 23.9 Å². The first-order chi connectivity index (χ1) is 18.7. The highest BCUT2D eigenvalue weighted by molar-refractivity contribution is 6.13. The number of para-hydroxylation sites is 1. The van der Waals surface area contributed by atoms with Crippen LogP contribution in [0.3, 0.4) is 0 Å². The predicted molar refractivity (Wildman–Crippen MR) is 137 cm³/mol. The van der Waals surface area contributed by atoms with Crippen molar-refractivity contribution in [2.75, 3.05) is 17.7 Å². The average molecular weight is 536 g/mol. The number of aromatic nitrogens is 7. The molecule has 0 unspecified atom stereocenters. The van der Waals surface area contributed by atoms with Gasteiger partial charge in [0.15, 0.2) is 5.65 Å². The van der Waals surface area contributed by atoms with E-state index in [4.69, 9.17) is 4.74 Å². The minimum absolute atomic E-state index is 0.0685. The average Bonchev–Trinajstić information content (AvgIpc) is 3.61. The molecule has 0 saturated heterocycles. The van der Waals surface area contributed by atoms with Crippen molar-refractivity contribution in [3.8, 4) is 17.0 Å². The van der Waals surface area contributed by atoms with Gasteiger partial charge in [-0.15, -0.1) is 0 Å². The molecule has 0 aliphatic heterocycles. The van der Waals surface area contributed by atoms with Crippen molar-refractivity contribution < 1.29 is 23.1 Å². The summed E-state index contributed by atoms with van der Waals surface area (Å²) in [6.45, 7) is 1.79. The third-order valence-electron chi connectivity index (χ3n) is 6.24. The molecule has 200 valence electrons. The van der Waals surface area contributed by atoms with E-state index in [2.05, 4.69) is 30.9 Å². The Hall–Kier alpha value is -5.14. The van der Waals surface area contributed by atoms with E-state index in [0.717, 1.165) is 16.4 Å². The monoisotopic (exact) mass is 535 g/mol. The van der Waals surface area contributed by atoms with Gasteiger partial charge < -0.3 is 15.4 Å². The SMILES string of the molecule is COc1ccccc1-c1cc(C(F)F)n2ncc(C(=O)Nc3cnn(C)c3C(=O)Nc3cnn(C)c3C)c2n1. The Labute approximate surface area is 220 Å². The predicted octanol–water partition coefficient (Wildman–Crippen LogP) is 3.62. The van der Waals surface area contributed by atoms with Crippen molar-refractivity contribution in [3.63, 3.8) is 0 Å². The Morgan fingerprint density at radius 2 is 1.64 bits per heavy atom. The molecule has 4 aromatic heterocycles. The van der Waals surface area contributed by atoms with Crippen molar-refractivity contribution >= 4 is 28.8 Å². The molecule has 2 amide bonds. The molecule has 0 radical (unpaired) electrons. The summed E-state index contributed by atoms with van der Waals surface area (Å²) in [5.74, 6) is -0.817. The number of rotatable bonds is 7. The van der Waals surface area contributed by atoms with Crippen LogP contribution in [-0.2, 0) is 14.1 Å². The van der Waals surface area contributed by atoms with E-state index in [1.54, 1.807) is 50.0 Å². The van der Waals surface area contributed by atoms with Crippen LogP contribution in [0.2, 0.25) is 0 Å². The largest absolute Gasteiger partial charge is 0.496 e. The van der Waals surface area contributed by atoms with Crippen LogP contribution in [0.15, 0.2) is 48.9 Å². The van der Waals surface area contributed by atoms with Crippen LogP contribution in [-0.4, -0.2) is 53.1 Å². The number of alkyl halides is 2. The summed E-state index contributed by atoms with van der Waals surface area (Å²) in [5.41, 5.74) is 1.43. The number of nitrogens with zero attached hydrogens (tertiary/aromatic N) is 7. The fourth-order valence-corrected chi connectivity index (χ4v) is 4.09. The molecule has 5 rings (SSSR count). The Morgan fingerprint density at radius 3 is 2.33 bits per heavy atom. The Balaban J connectivity index is 1.51. The fourth-order valence-electron chi connectivity index (χ4n) is 4.09. The molecule has 14 heteroatoms. The lowest BCUT2D eigenvalue weighted by atomic mass is 10.1. The van der Waals surface area contributed by atoms with Gasteiger partial charge in [-0.2, -0.15) is 15.3 Å². The Kier molecular flexibility index (Phi) is 6.52. The maximum Gasteiger partial charge on any atom is 0.280 e. The summed E-state index contributed by atoms with van der Waals surface area (Å²) in [4.78, 5) is 30.9. The van der Waals surface area contributed by atoms with Gasteiger partial charge in [0.2, 0.25) is 0 Å². The number of amides is 2. The summed E-state index contributed by atoms with van der Waals surface area (Å²) in [5, 5.41) is 17.5. The van der Waals surface area contributed by atoms with Crippen LogP contribution >= 0.6 is 0 Å². The number of carbonyl (C=O) groups is 2. The highest BCUT2D eigenvalue weighted by atomic mass is 19.3. The number of fused-ring (bicyclic) bond motifs is 1. The molecule has 0 spiro atoms. The molecule has 5 aromatic rings. The first kappa shape index (κ1) is 25.5. The van der Waals surface area contributed by atoms with Gasteiger partial charge in [-0.3, -0.25) is 19.0 Å². The lowest BCUT2D eigenvalue weighted by molar-refractivity contribution is 0.101. The number of aryl methyl sites for hydroxylation is 2.